The molecule has 126 valence electrons. The first-order valence-corrected chi connectivity index (χ1v) is 9.77. The van der Waals surface area contributed by atoms with Crippen LogP contribution in [-0.4, -0.2) is 23.6 Å². The maximum Gasteiger partial charge on any atom is 0.309 e. The summed E-state index contributed by atoms with van der Waals surface area (Å²) in [6.45, 7) is 2.79. The summed E-state index contributed by atoms with van der Waals surface area (Å²) in [4.78, 5) is 12.0. The van der Waals surface area contributed by atoms with Crippen LogP contribution in [0.2, 0.25) is 0 Å². The Balaban J connectivity index is 1.67. The van der Waals surface area contributed by atoms with Crippen molar-refractivity contribution in [3.05, 3.63) is 29.8 Å². The molecule has 0 N–H and O–H groups in total. The molecule has 3 rings (SSSR count). The van der Waals surface area contributed by atoms with Crippen LogP contribution in [0.4, 0.5) is 0 Å². The number of methoxy groups -OCH3 is 1. The van der Waals surface area contributed by atoms with E-state index >= 15 is 0 Å². The number of rotatable bonds is 7. The Labute approximate surface area is 152 Å². The normalized spacial score (nSPS) is 26.0. The number of hydrogen-bond acceptors (Lipinski definition) is 3. The number of esters is 1. The highest BCUT2D eigenvalue weighted by atomic mass is 127. The van der Waals surface area contributed by atoms with Gasteiger partial charge in [0, 0.05) is 3.92 Å². The Morgan fingerprint density at radius 3 is 2.70 bits per heavy atom. The van der Waals surface area contributed by atoms with Gasteiger partial charge in [-0.25, -0.2) is 0 Å². The molecule has 0 amide bonds. The van der Waals surface area contributed by atoms with E-state index in [9.17, 15) is 4.79 Å². The third kappa shape index (κ3) is 4.20. The fourth-order valence-corrected chi connectivity index (χ4v) is 5.01. The lowest BCUT2D eigenvalue weighted by Gasteiger charge is -2.31. The topological polar surface area (TPSA) is 35.5 Å². The standard InChI is InChI=1S/C19H25IO3/c1-12(19(21)22-2)18(14-6-7-14)15-4-3-5-17(10-15)23-11-13-8-16(20)9-13/h3-5,10,12-14,16,18H,6-9,11H2,1-2H3. The van der Waals surface area contributed by atoms with Crippen LogP contribution in [-0.2, 0) is 9.53 Å². The molecule has 3 nitrogen and oxygen atoms in total. The van der Waals surface area contributed by atoms with Crippen molar-refractivity contribution in [2.45, 2.75) is 42.4 Å². The Morgan fingerprint density at radius 2 is 2.09 bits per heavy atom. The van der Waals surface area contributed by atoms with Gasteiger partial charge in [-0.05, 0) is 61.1 Å². The van der Waals surface area contributed by atoms with Crippen molar-refractivity contribution in [1.29, 1.82) is 0 Å². The quantitative estimate of drug-likeness (QED) is 0.362. The molecule has 0 radical (unpaired) electrons. The average molecular weight is 428 g/mol. The van der Waals surface area contributed by atoms with Crippen molar-refractivity contribution in [2.75, 3.05) is 13.7 Å². The lowest BCUT2D eigenvalue weighted by atomic mass is 9.83. The number of carbonyl (C=O) groups is 1. The van der Waals surface area contributed by atoms with Gasteiger partial charge in [0.05, 0.1) is 19.6 Å². The van der Waals surface area contributed by atoms with Gasteiger partial charge in [0.25, 0.3) is 0 Å². The number of benzene rings is 1. The lowest BCUT2D eigenvalue weighted by molar-refractivity contribution is -0.145. The third-order valence-corrected chi connectivity index (χ3v) is 6.17. The summed E-state index contributed by atoms with van der Waals surface area (Å²) in [5.41, 5.74) is 1.21. The predicted molar refractivity (Wildman–Crippen MR) is 99.1 cm³/mol. The monoisotopic (exact) mass is 428 g/mol. The van der Waals surface area contributed by atoms with E-state index in [2.05, 4.69) is 34.7 Å². The molecule has 0 bridgehead atoms. The fourth-order valence-electron chi connectivity index (χ4n) is 3.57. The van der Waals surface area contributed by atoms with E-state index < -0.39 is 0 Å². The van der Waals surface area contributed by atoms with Gasteiger partial charge in [0.2, 0.25) is 0 Å². The maximum atomic E-state index is 12.0. The van der Waals surface area contributed by atoms with Crippen molar-refractivity contribution in [1.82, 2.24) is 0 Å². The molecular weight excluding hydrogens is 403 g/mol. The molecule has 2 atom stereocenters. The van der Waals surface area contributed by atoms with Gasteiger partial charge in [0.1, 0.15) is 5.75 Å². The molecule has 0 saturated heterocycles. The fraction of sp³-hybridized carbons (Fsp3) is 0.632. The van der Waals surface area contributed by atoms with E-state index in [1.165, 1.54) is 38.4 Å². The van der Waals surface area contributed by atoms with Crippen LogP contribution in [0.3, 0.4) is 0 Å². The van der Waals surface area contributed by atoms with Gasteiger partial charge in [-0.3, -0.25) is 4.79 Å². The molecule has 2 unspecified atom stereocenters. The number of carbonyl (C=O) groups excluding carboxylic acids is 1. The molecule has 0 aliphatic heterocycles. The minimum absolute atomic E-state index is 0.103. The maximum absolute atomic E-state index is 12.0. The molecule has 0 aromatic heterocycles. The summed E-state index contributed by atoms with van der Waals surface area (Å²) in [6, 6.07) is 8.32. The Hall–Kier alpha value is -0.780. The number of ether oxygens (including phenoxy) is 2. The molecule has 1 aromatic rings. The number of alkyl halides is 1. The van der Waals surface area contributed by atoms with Gasteiger partial charge in [0.15, 0.2) is 0 Å². The van der Waals surface area contributed by atoms with E-state index in [1.54, 1.807) is 0 Å². The summed E-state index contributed by atoms with van der Waals surface area (Å²) >= 11 is 2.51. The molecule has 2 saturated carbocycles. The zero-order chi connectivity index (χ0) is 16.4. The van der Waals surface area contributed by atoms with Crippen LogP contribution in [0.15, 0.2) is 24.3 Å². The summed E-state index contributed by atoms with van der Waals surface area (Å²) < 4.78 is 11.8. The first-order valence-electron chi connectivity index (χ1n) is 8.53. The Bertz CT molecular complexity index is 549. The van der Waals surface area contributed by atoms with Crippen LogP contribution in [0.25, 0.3) is 0 Å². The molecule has 2 aliphatic carbocycles. The Morgan fingerprint density at radius 1 is 1.35 bits per heavy atom. The van der Waals surface area contributed by atoms with Crippen molar-refractivity contribution in [3.63, 3.8) is 0 Å². The van der Waals surface area contributed by atoms with Gasteiger partial charge in [-0.1, -0.05) is 41.6 Å². The first kappa shape index (κ1) is 17.1. The van der Waals surface area contributed by atoms with Crippen LogP contribution < -0.4 is 4.74 Å². The second-order valence-electron chi connectivity index (χ2n) is 6.99. The van der Waals surface area contributed by atoms with Crippen LogP contribution >= 0.6 is 22.6 Å². The van der Waals surface area contributed by atoms with Crippen molar-refractivity contribution < 1.29 is 14.3 Å². The summed E-state index contributed by atoms with van der Waals surface area (Å²) in [5.74, 6) is 2.26. The molecule has 2 fully saturated rings. The van der Waals surface area contributed by atoms with E-state index in [0.717, 1.165) is 16.3 Å². The second kappa shape index (κ2) is 7.41. The molecule has 4 heteroatoms. The van der Waals surface area contributed by atoms with Crippen LogP contribution in [0, 0.1) is 17.8 Å². The minimum Gasteiger partial charge on any atom is -0.493 e. The second-order valence-corrected chi connectivity index (χ2v) is 8.75. The van der Waals surface area contributed by atoms with E-state index in [4.69, 9.17) is 9.47 Å². The zero-order valence-electron chi connectivity index (χ0n) is 13.8. The van der Waals surface area contributed by atoms with Crippen molar-refractivity contribution >= 4 is 28.6 Å². The third-order valence-electron chi connectivity index (χ3n) is 5.15. The van der Waals surface area contributed by atoms with E-state index in [1.807, 2.05) is 19.1 Å². The SMILES string of the molecule is COC(=O)C(C)C(c1cccc(OCC2CC(I)C2)c1)C1CC1. The minimum atomic E-state index is -0.115. The Kier molecular flexibility index (Phi) is 5.49. The van der Waals surface area contributed by atoms with Crippen LogP contribution in [0.5, 0.6) is 5.75 Å². The highest BCUT2D eigenvalue weighted by Gasteiger charge is 2.39. The smallest absolute Gasteiger partial charge is 0.309 e. The largest absolute Gasteiger partial charge is 0.493 e. The number of hydrogen-bond donors (Lipinski definition) is 0. The average Bonchev–Trinajstić information content (AvgIpc) is 3.35. The first-order chi connectivity index (χ1) is 11.1. The van der Waals surface area contributed by atoms with E-state index in [-0.39, 0.29) is 17.8 Å². The molecule has 23 heavy (non-hydrogen) atoms. The van der Waals surface area contributed by atoms with Gasteiger partial charge < -0.3 is 9.47 Å². The van der Waals surface area contributed by atoms with Gasteiger partial charge in [-0.15, -0.1) is 0 Å². The summed E-state index contributed by atoms with van der Waals surface area (Å²) in [5, 5.41) is 0. The summed E-state index contributed by atoms with van der Waals surface area (Å²) in [6.07, 6.45) is 4.95. The molecule has 1 aromatic carbocycles. The molecule has 0 spiro atoms. The lowest BCUT2D eigenvalue weighted by Crippen LogP contribution is -2.28. The predicted octanol–water partition coefficient (Wildman–Crippen LogP) is 4.58. The highest BCUT2D eigenvalue weighted by molar-refractivity contribution is 14.1. The molecule has 2 aliphatic rings. The highest BCUT2D eigenvalue weighted by Crippen LogP contribution is 2.47. The number of halogens is 1. The molecule has 0 heterocycles. The van der Waals surface area contributed by atoms with Gasteiger partial charge in [-0.2, -0.15) is 0 Å². The molecular formula is C19H25IO3. The van der Waals surface area contributed by atoms with Crippen LogP contribution in [0.1, 0.15) is 44.1 Å². The van der Waals surface area contributed by atoms with Crippen molar-refractivity contribution in [2.24, 2.45) is 17.8 Å². The van der Waals surface area contributed by atoms with Crippen molar-refractivity contribution in [3.8, 4) is 5.75 Å². The summed E-state index contributed by atoms with van der Waals surface area (Å²) in [7, 11) is 1.47. The zero-order valence-corrected chi connectivity index (χ0v) is 16.0. The van der Waals surface area contributed by atoms with Gasteiger partial charge >= 0.3 is 5.97 Å². The van der Waals surface area contributed by atoms with E-state index in [0.29, 0.717) is 11.8 Å².